The molecule has 2 nitrogen and oxygen atoms in total. The molecule has 2 rings (SSSR count). The lowest BCUT2D eigenvalue weighted by atomic mass is 10.0. The van der Waals surface area contributed by atoms with Crippen molar-refractivity contribution in [3.8, 4) is 0 Å². The standard InChI is InChI=1S/C14H14BrF2NO/c1-2-7-18-14(12-5-6-13(15)19-12)9-3-4-10(16)11(17)8-9/h3-6,8,14,18H,2,7H2,1H3. The maximum atomic E-state index is 13.3. The molecule has 0 radical (unpaired) electrons. The lowest BCUT2D eigenvalue weighted by Gasteiger charge is -2.17. The highest BCUT2D eigenvalue weighted by Crippen LogP contribution is 2.27. The van der Waals surface area contributed by atoms with Crippen LogP contribution in [0.2, 0.25) is 0 Å². The highest BCUT2D eigenvalue weighted by atomic mass is 79.9. The molecule has 0 spiro atoms. The van der Waals surface area contributed by atoms with Gasteiger partial charge in [-0.15, -0.1) is 0 Å². The number of hydrogen-bond donors (Lipinski definition) is 1. The van der Waals surface area contributed by atoms with Gasteiger partial charge >= 0.3 is 0 Å². The van der Waals surface area contributed by atoms with Gasteiger partial charge in [0.25, 0.3) is 0 Å². The zero-order valence-electron chi connectivity index (χ0n) is 10.4. The van der Waals surface area contributed by atoms with Crippen LogP contribution >= 0.6 is 15.9 Å². The van der Waals surface area contributed by atoms with Crippen molar-refractivity contribution in [1.29, 1.82) is 0 Å². The largest absolute Gasteiger partial charge is 0.452 e. The fourth-order valence-corrected chi connectivity index (χ4v) is 2.17. The van der Waals surface area contributed by atoms with E-state index in [-0.39, 0.29) is 6.04 Å². The van der Waals surface area contributed by atoms with Crippen molar-refractivity contribution in [2.75, 3.05) is 6.54 Å². The Labute approximate surface area is 118 Å². The molecule has 1 N–H and O–H groups in total. The number of benzene rings is 1. The molecule has 0 fully saturated rings. The summed E-state index contributed by atoms with van der Waals surface area (Å²) in [6.45, 7) is 2.79. The van der Waals surface area contributed by atoms with Crippen LogP contribution in [0.5, 0.6) is 0 Å². The summed E-state index contributed by atoms with van der Waals surface area (Å²) >= 11 is 3.24. The third-order valence-electron chi connectivity index (χ3n) is 2.75. The van der Waals surface area contributed by atoms with Crippen molar-refractivity contribution >= 4 is 15.9 Å². The summed E-state index contributed by atoms with van der Waals surface area (Å²) in [6, 6.07) is 7.17. The number of hydrogen-bond acceptors (Lipinski definition) is 2. The molecule has 0 saturated carbocycles. The van der Waals surface area contributed by atoms with Crippen molar-refractivity contribution in [3.63, 3.8) is 0 Å². The fraction of sp³-hybridized carbons (Fsp3) is 0.286. The molecule has 0 aliphatic carbocycles. The number of rotatable bonds is 5. The monoisotopic (exact) mass is 329 g/mol. The Hall–Kier alpha value is -1.20. The summed E-state index contributed by atoms with van der Waals surface area (Å²) in [4.78, 5) is 0. The van der Waals surface area contributed by atoms with E-state index in [1.807, 2.05) is 6.92 Å². The summed E-state index contributed by atoms with van der Waals surface area (Å²) in [5.41, 5.74) is 0.634. The minimum absolute atomic E-state index is 0.290. The van der Waals surface area contributed by atoms with Gasteiger partial charge in [-0.1, -0.05) is 13.0 Å². The average Bonchev–Trinajstić information content (AvgIpc) is 2.80. The van der Waals surface area contributed by atoms with E-state index in [1.165, 1.54) is 6.07 Å². The summed E-state index contributed by atoms with van der Waals surface area (Å²) in [5.74, 6) is -1.05. The Morgan fingerprint density at radius 2 is 2.00 bits per heavy atom. The summed E-state index contributed by atoms with van der Waals surface area (Å²) < 4.78 is 32.4. The molecule has 102 valence electrons. The van der Waals surface area contributed by atoms with E-state index >= 15 is 0 Å². The molecule has 0 saturated heterocycles. The first-order valence-corrected chi connectivity index (χ1v) is 6.84. The maximum Gasteiger partial charge on any atom is 0.169 e. The molecule has 1 aromatic heterocycles. The molecule has 0 aliphatic rings. The Bertz CT molecular complexity index is 556. The van der Waals surface area contributed by atoms with Crippen molar-refractivity contribution in [3.05, 3.63) is 58.0 Å². The Kier molecular flexibility index (Phi) is 4.71. The summed E-state index contributed by atoms with van der Waals surface area (Å²) in [6.07, 6.45) is 0.933. The van der Waals surface area contributed by atoms with Crippen LogP contribution in [0.3, 0.4) is 0 Å². The predicted molar refractivity (Wildman–Crippen MR) is 72.9 cm³/mol. The van der Waals surface area contributed by atoms with Gasteiger partial charge in [0.1, 0.15) is 5.76 Å². The molecular formula is C14H14BrF2NO. The van der Waals surface area contributed by atoms with Crippen LogP contribution in [0.15, 0.2) is 39.4 Å². The molecule has 0 amide bonds. The number of halogens is 3. The van der Waals surface area contributed by atoms with Gasteiger partial charge in [0, 0.05) is 0 Å². The van der Waals surface area contributed by atoms with E-state index in [0.717, 1.165) is 19.0 Å². The summed E-state index contributed by atoms with van der Waals surface area (Å²) in [7, 11) is 0. The van der Waals surface area contributed by atoms with E-state index in [0.29, 0.717) is 16.0 Å². The number of nitrogens with one attached hydrogen (secondary N) is 1. The highest BCUT2D eigenvalue weighted by Gasteiger charge is 2.18. The molecule has 1 aromatic carbocycles. The molecule has 1 heterocycles. The minimum atomic E-state index is -0.855. The normalized spacial score (nSPS) is 12.6. The first-order valence-electron chi connectivity index (χ1n) is 6.05. The molecule has 2 aromatic rings. The quantitative estimate of drug-likeness (QED) is 0.878. The van der Waals surface area contributed by atoms with Crippen LogP contribution in [0.25, 0.3) is 0 Å². The van der Waals surface area contributed by atoms with E-state index in [4.69, 9.17) is 4.42 Å². The number of furan rings is 1. The lowest BCUT2D eigenvalue weighted by molar-refractivity contribution is 0.430. The molecule has 19 heavy (non-hydrogen) atoms. The van der Waals surface area contributed by atoms with Crippen molar-refractivity contribution in [2.45, 2.75) is 19.4 Å². The van der Waals surface area contributed by atoms with Crippen LogP contribution in [0.1, 0.15) is 30.7 Å². The fourth-order valence-electron chi connectivity index (χ4n) is 1.85. The van der Waals surface area contributed by atoms with E-state index < -0.39 is 11.6 Å². The molecule has 5 heteroatoms. The van der Waals surface area contributed by atoms with Crippen molar-refractivity contribution < 1.29 is 13.2 Å². The van der Waals surface area contributed by atoms with E-state index in [2.05, 4.69) is 21.2 Å². The van der Waals surface area contributed by atoms with Gasteiger partial charge in [0.05, 0.1) is 6.04 Å². The van der Waals surface area contributed by atoms with Crippen molar-refractivity contribution in [2.24, 2.45) is 0 Å². The van der Waals surface area contributed by atoms with E-state index in [1.54, 1.807) is 18.2 Å². The van der Waals surface area contributed by atoms with Crippen LogP contribution in [-0.2, 0) is 0 Å². The second-order valence-electron chi connectivity index (χ2n) is 4.20. The van der Waals surface area contributed by atoms with Gasteiger partial charge in [-0.2, -0.15) is 0 Å². The van der Waals surface area contributed by atoms with Crippen LogP contribution in [0, 0.1) is 11.6 Å². The molecule has 0 aliphatic heterocycles. The van der Waals surface area contributed by atoms with Gasteiger partial charge in [-0.25, -0.2) is 8.78 Å². The second kappa shape index (κ2) is 6.30. The molecule has 1 unspecified atom stereocenters. The Balaban J connectivity index is 2.33. The third-order valence-corrected chi connectivity index (χ3v) is 3.18. The Morgan fingerprint density at radius 3 is 2.58 bits per heavy atom. The topological polar surface area (TPSA) is 25.2 Å². The van der Waals surface area contributed by atoms with Gasteiger partial charge in [0.2, 0.25) is 0 Å². The zero-order chi connectivity index (χ0) is 13.8. The van der Waals surface area contributed by atoms with Gasteiger partial charge in [-0.05, 0) is 58.7 Å². The third kappa shape index (κ3) is 3.42. The van der Waals surface area contributed by atoms with Gasteiger partial charge < -0.3 is 9.73 Å². The van der Waals surface area contributed by atoms with Crippen LogP contribution in [-0.4, -0.2) is 6.54 Å². The maximum absolute atomic E-state index is 13.3. The first-order chi connectivity index (χ1) is 9.11. The smallest absolute Gasteiger partial charge is 0.169 e. The lowest BCUT2D eigenvalue weighted by Crippen LogP contribution is -2.23. The minimum Gasteiger partial charge on any atom is -0.452 e. The van der Waals surface area contributed by atoms with Gasteiger partial charge in [0.15, 0.2) is 16.3 Å². The van der Waals surface area contributed by atoms with E-state index in [9.17, 15) is 8.78 Å². The zero-order valence-corrected chi connectivity index (χ0v) is 12.0. The molecule has 1 atom stereocenters. The second-order valence-corrected chi connectivity index (χ2v) is 4.98. The van der Waals surface area contributed by atoms with Gasteiger partial charge in [-0.3, -0.25) is 0 Å². The Morgan fingerprint density at radius 1 is 1.21 bits per heavy atom. The van der Waals surface area contributed by atoms with Crippen LogP contribution < -0.4 is 5.32 Å². The molecular weight excluding hydrogens is 316 g/mol. The van der Waals surface area contributed by atoms with Crippen molar-refractivity contribution in [1.82, 2.24) is 5.32 Å². The predicted octanol–water partition coefficient (Wildman–Crippen LogP) is 4.41. The van der Waals surface area contributed by atoms with Crippen LogP contribution in [0.4, 0.5) is 8.78 Å². The summed E-state index contributed by atoms with van der Waals surface area (Å²) in [5, 5.41) is 3.26. The average molecular weight is 330 g/mol. The molecule has 0 bridgehead atoms. The highest BCUT2D eigenvalue weighted by molar-refractivity contribution is 9.10. The first kappa shape index (κ1) is 14.2. The SMILES string of the molecule is CCCNC(c1ccc(F)c(F)c1)c1ccc(Br)o1.